The third-order valence-electron chi connectivity index (χ3n) is 7.47. The van der Waals surface area contributed by atoms with E-state index in [0.717, 1.165) is 42.4 Å². The predicted octanol–water partition coefficient (Wildman–Crippen LogP) is 3.53. The molecule has 178 valence electrons. The van der Waals surface area contributed by atoms with Crippen LogP contribution in [0.2, 0.25) is 0 Å². The van der Waals surface area contributed by atoms with Crippen molar-refractivity contribution in [3.05, 3.63) is 42.3 Å². The lowest BCUT2D eigenvalue weighted by molar-refractivity contribution is 0.387. The molecule has 6 rings (SSSR count). The number of halogens is 1. The number of rotatable bonds is 4. The number of fused-ring (bicyclic) bond motifs is 2. The van der Waals surface area contributed by atoms with E-state index in [1.165, 1.54) is 19.6 Å². The zero-order valence-corrected chi connectivity index (χ0v) is 19.9. The van der Waals surface area contributed by atoms with Crippen LogP contribution in [0.3, 0.4) is 0 Å². The molecular weight excluding hydrogens is 455 g/mol. The molecule has 3 aliphatic rings. The van der Waals surface area contributed by atoms with Crippen LogP contribution < -0.4 is 14.5 Å². The molecule has 34 heavy (non-hydrogen) atoms. The average molecular weight is 483 g/mol. The van der Waals surface area contributed by atoms with Gasteiger partial charge in [0.15, 0.2) is 21.4 Å². The lowest BCUT2D eigenvalue weighted by atomic mass is 9.95. The van der Waals surface area contributed by atoms with Gasteiger partial charge in [-0.2, -0.15) is 0 Å². The molecule has 0 amide bonds. The highest BCUT2D eigenvalue weighted by Gasteiger charge is 2.40. The summed E-state index contributed by atoms with van der Waals surface area (Å²) >= 11 is 0. The number of hydrogen-bond donors (Lipinski definition) is 0. The second kappa shape index (κ2) is 8.08. The van der Waals surface area contributed by atoms with E-state index in [-0.39, 0.29) is 23.2 Å². The molecule has 1 aromatic carbocycles. The fourth-order valence-corrected chi connectivity index (χ4v) is 7.30. The Morgan fingerprint density at radius 3 is 2.62 bits per heavy atom. The number of methoxy groups -OCH3 is 1. The van der Waals surface area contributed by atoms with Gasteiger partial charge in [-0.25, -0.2) is 22.8 Å². The van der Waals surface area contributed by atoms with E-state index in [0.29, 0.717) is 29.8 Å². The first-order valence-electron chi connectivity index (χ1n) is 11.8. The van der Waals surface area contributed by atoms with Gasteiger partial charge in [-0.15, -0.1) is 0 Å². The van der Waals surface area contributed by atoms with Gasteiger partial charge in [-0.05, 0) is 48.9 Å². The number of hydrogen-bond acceptors (Lipinski definition) is 7. The first-order valence-corrected chi connectivity index (χ1v) is 13.6. The van der Waals surface area contributed by atoms with E-state index in [1.54, 1.807) is 6.07 Å². The Kier molecular flexibility index (Phi) is 5.13. The molecule has 0 N–H and O–H groups in total. The number of sulfone groups is 1. The summed E-state index contributed by atoms with van der Waals surface area (Å²) in [5, 5.41) is 0.703. The normalized spacial score (nSPS) is 23.6. The minimum atomic E-state index is -2.99. The summed E-state index contributed by atoms with van der Waals surface area (Å²) in [6, 6.07) is 9.13. The summed E-state index contributed by atoms with van der Waals surface area (Å²) in [7, 11) is -1.54. The number of nitrogens with zero attached hydrogens (tertiary/aromatic N) is 4. The summed E-state index contributed by atoms with van der Waals surface area (Å²) < 4.78 is 44.3. The molecular formula is C25H27FN4O3S. The smallest absolute Gasteiger partial charge is 0.165 e. The van der Waals surface area contributed by atoms with Crippen LogP contribution in [0, 0.1) is 17.7 Å². The molecule has 0 bridgehead atoms. The lowest BCUT2D eigenvalue weighted by Crippen LogP contribution is -2.37. The Morgan fingerprint density at radius 1 is 1.09 bits per heavy atom. The van der Waals surface area contributed by atoms with E-state index in [1.807, 2.05) is 24.4 Å². The molecule has 7 nitrogen and oxygen atoms in total. The quantitative estimate of drug-likeness (QED) is 0.563. The molecule has 0 spiro atoms. The maximum Gasteiger partial charge on any atom is 0.165 e. The monoisotopic (exact) mass is 482 g/mol. The fraction of sp³-hybridized carbons (Fsp3) is 0.440. The van der Waals surface area contributed by atoms with Crippen molar-refractivity contribution >= 4 is 32.2 Å². The molecule has 3 fully saturated rings. The van der Waals surface area contributed by atoms with Crippen molar-refractivity contribution in [3.63, 3.8) is 0 Å². The average Bonchev–Trinajstić information content (AvgIpc) is 3.19. The molecule has 0 aliphatic carbocycles. The van der Waals surface area contributed by atoms with Gasteiger partial charge in [0, 0.05) is 55.1 Å². The Balaban J connectivity index is 1.42. The van der Waals surface area contributed by atoms with E-state index < -0.39 is 15.7 Å². The summed E-state index contributed by atoms with van der Waals surface area (Å²) in [5.74, 6) is 1.59. The molecule has 0 radical (unpaired) electrons. The van der Waals surface area contributed by atoms with Gasteiger partial charge < -0.3 is 14.5 Å². The minimum absolute atomic E-state index is 0.103. The summed E-state index contributed by atoms with van der Waals surface area (Å²) in [6.07, 6.45) is 3.71. The van der Waals surface area contributed by atoms with Crippen LogP contribution in [0.25, 0.3) is 22.2 Å². The molecule has 2 unspecified atom stereocenters. The van der Waals surface area contributed by atoms with E-state index >= 15 is 0 Å². The van der Waals surface area contributed by atoms with Crippen molar-refractivity contribution in [2.45, 2.75) is 12.8 Å². The van der Waals surface area contributed by atoms with Crippen molar-refractivity contribution < 1.29 is 17.5 Å². The van der Waals surface area contributed by atoms with Crippen molar-refractivity contribution in [3.8, 4) is 17.0 Å². The molecule has 5 heterocycles. The molecule has 2 aromatic heterocycles. The number of anilines is 2. The van der Waals surface area contributed by atoms with E-state index in [9.17, 15) is 12.8 Å². The van der Waals surface area contributed by atoms with Gasteiger partial charge in [0.05, 0.1) is 29.8 Å². The van der Waals surface area contributed by atoms with Gasteiger partial charge in [-0.1, -0.05) is 0 Å². The molecule has 2 atom stereocenters. The van der Waals surface area contributed by atoms with E-state index in [4.69, 9.17) is 9.72 Å². The largest absolute Gasteiger partial charge is 0.494 e. The molecule has 3 aliphatic heterocycles. The maximum absolute atomic E-state index is 14.7. The Bertz CT molecular complexity index is 1360. The highest BCUT2D eigenvalue weighted by atomic mass is 32.2. The van der Waals surface area contributed by atoms with Gasteiger partial charge in [0.1, 0.15) is 5.82 Å². The third kappa shape index (κ3) is 3.76. The van der Waals surface area contributed by atoms with E-state index in [2.05, 4.69) is 14.8 Å². The topological polar surface area (TPSA) is 75.6 Å². The highest BCUT2D eigenvalue weighted by molar-refractivity contribution is 7.91. The van der Waals surface area contributed by atoms with Gasteiger partial charge in [-0.3, -0.25) is 0 Å². The van der Waals surface area contributed by atoms with Gasteiger partial charge >= 0.3 is 0 Å². The van der Waals surface area contributed by atoms with Crippen LogP contribution >= 0.6 is 0 Å². The van der Waals surface area contributed by atoms with Gasteiger partial charge in [0.25, 0.3) is 0 Å². The zero-order valence-electron chi connectivity index (χ0n) is 19.1. The zero-order chi connectivity index (χ0) is 23.4. The van der Waals surface area contributed by atoms with Crippen molar-refractivity contribution in [2.24, 2.45) is 11.8 Å². The van der Waals surface area contributed by atoms with Crippen LogP contribution in [-0.4, -0.2) is 63.2 Å². The first-order chi connectivity index (χ1) is 16.4. The second-order valence-corrected chi connectivity index (χ2v) is 11.8. The Morgan fingerprint density at radius 2 is 1.91 bits per heavy atom. The number of aromatic nitrogens is 2. The minimum Gasteiger partial charge on any atom is -0.494 e. The van der Waals surface area contributed by atoms with Gasteiger partial charge in [0.2, 0.25) is 0 Å². The van der Waals surface area contributed by atoms with Crippen LogP contribution in [-0.2, 0) is 9.84 Å². The molecule has 3 saturated heterocycles. The highest BCUT2D eigenvalue weighted by Crippen LogP contribution is 2.40. The lowest BCUT2D eigenvalue weighted by Gasteiger charge is -2.31. The first kappa shape index (κ1) is 21.6. The number of ether oxygens (including phenoxy) is 1. The Hall–Kier alpha value is -2.94. The van der Waals surface area contributed by atoms with Crippen molar-refractivity contribution in [1.29, 1.82) is 0 Å². The number of benzene rings is 1. The summed E-state index contributed by atoms with van der Waals surface area (Å²) in [5.41, 5.74) is 3.15. The van der Waals surface area contributed by atoms with Crippen LogP contribution in [0.4, 0.5) is 15.9 Å². The van der Waals surface area contributed by atoms with Crippen LogP contribution in [0.5, 0.6) is 5.75 Å². The molecule has 9 heteroatoms. The summed E-state index contributed by atoms with van der Waals surface area (Å²) in [6.45, 7) is 3.47. The molecule has 0 saturated carbocycles. The third-order valence-corrected chi connectivity index (χ3v) is 9.26. The maximum atomic E-state index is 14.7. The molecule has 3 aromatic rings. The summed E-state index contributed by atoms with van der Waals surface area (Å²) in [4.78, 5) is 13.9. The van der Waals surface area contributed by atoms with Crippen molar-refractivity contribution in [1.82, 2.24) is 9.97 Å². The fourth-order valence-electron chi connectivity index (χ4n) is 5.44. The SMILES string of the molecule is COc1cc2nc(-c3ccc(N4CCC4)nc3)cc(N3CC4CCS(=O)(=O)CC4C3)c2cc1F. The predicted molar refractivity (Wildman–Crippen MR) is 131 cm³/mol. The second-order valence-electron chi connectivity index (χ2n) is 9.60. The van der Waals surface area contributed by atoms with Crippen LogP contribution in [0.15, 0.2) is 36.5 Å². The standard InChI is InChI=1S/C25H27FN4O3S/c1-33-24-11-22-19(9-20(24)26)23(30-13-17-5-8-34(31,32)15-18(17)14-30)10-21(28-22)16-3-4-25(27-12-16)29-6-2-7-29/h3-4,9-12,17-18H,2,5-8,13-15H2,1H3. The van der Waals surface area contributed by atoms with Crippen molar-refractivity contribution in [2.75, 3.05) is 54.6 Å². The van der Waals surface area contributed by atoms with Crippen LogP contribution in [0.1, 0.15) is 12.8 Å². The Labute approximate surface area is 198 Å². The number of pyridine rings is 2.